The number of nitrogens with zero attached hydrogens (tertiary/aromatic N) is 2. The molecular weight excluding hydrogens is 214 g/mol. The second kappa shape index (κ2) is 6.23. The van der Waals surface area contributed by atoms with Crippen LogP contribution in [0.2, 0.25) is 5.02 Å². The summed E-state index contributed by atoms with van der Waals surface area (Å²) in [5.41, 5.74) is 0.422. The van der Waals surface area contributed by atoms with Crippen LogP contribution in [0, 0.1) is 11.3 Å². The second-order valence-corrected chi connectivity index (χ2v) is 3.13. The molecule has 0 fully saturated rings. The lowest BCUT2D eigenvalue weighted by atomic mass is 10.3. The number of pyridine rings is 1. The second-order valence-electron chi connectivity index (χ2n) is 2.76. The van der Waals surface area contributed by atoms with Crippen molar-refractivity contribution in [2.75, 3.05) is 25.1 Å². The van der Waals surface area contributed by atoms with E-state index in [-0.39, 0.29) is 0 Å². The summed E-state index contributed by atoms with van der Waals surface area (Å²) in [5, 5.41) is 12.1. The molecule has 5 heteroatoms. The Bertz CT molecular complexity index is 362. The minimum absolute atomic E-state index is 0.358. The number of hydrogen-bond donors (Lipinski definition) is 1. The first-order chi connectivity index (χ1) is 7.29. The van der Waals surface area contributed by atoms with Crippen molar-refractivity contribution in [1.82, 2.24) is 4.98 Å². The third-order valence-corrected chi connectivity index (χ3v) is 2.14. The topological polar surface area (TPSA) is 57.9 Å². The fourth-order valence-electron chi connectivity index (χ4n) is 1.04. The first-order valence-corrected chi connectivity index (χ1v) is 5.03. The van der Waals surface area contributed by atoms with Crippen LogP contribution in [0.3, 0.4) is 0 Å². The van der Waals surface area contributed by atoms with E-state index >= 15 is 0 Å². The van der Waals surface area contributed by atoms with Gasteiger partial charge in [0.2, 0.25) is 0 Å². The third-order valence-electron chi connectivity index (χ3n) is 1.75. The van der Waals surface area contributed by atoms with Gasteiger partial charge < -0.3 is 10.1 Å². The highest BCUT2D eigenvalue weighted by Gasteiger charge is 2.05. The maximum atomic E-state index is 8.74. The number of hydrogen-bond acceptors (Lipinski definition) is 4. The Labute approximate surface area is 93.8 Å². The number of ether oxygens (including phenoxy) is 1. The molecule has 0 spiro atoms. The van der Waals surface area contributed by atoms with Gasteiger partial charge >= 0.3 is 0 Å². The monoisotopic (exact) mass is 225 g/mol. The summed E-state index contributed by atoms with van der Waals surface area (Å²) in [4.78, 5) is 4.03. The van der Waals surface area contributed by atoms with Gasteiger partial charge in [0.15, 0.2) is 0 Å². The van der Waals surface area contributed by atoms with Gasteiger partial charge in [0, 0.05) is 19.3 Å². The first-order valence-electron chi connectivity index (χ1n) is 4.65. The molecule has 1 aromatic heterocycles. The van der Waals surface area contributed by atoms with E-state index in [0.29, 0.717) is 36.2 Å². The number of aromatic nitrogens is 1. The van der Waals surface area contributed by atoms with Crippen molar-refractivity contribution in [3.8, 4) is 6.07 Å². The van der Waals surface area contributed by atoms with Gasteiger partial charge in [0.05, 0.1) is 12.2 Å². The summed E-state index contributed by atoms with van der Waals surface area (Å²) >= 11 is 5.93. The standard InChI is InChI=1S/C10H12ClN3O/c1-2-15-6-5-14-10-9(11)8(7-12)3-4-13-10/h3-4H,2,5-6H2,1H3,(H,13,14). The van der Waals surface area contributed by atoms with Gasteiger partial charge in [-0.1, -0.05) is 11.6 Å². The molecule has 0 saturated carbocycles. The number of nitriles is 1. The molecule has 1 rings (SSSR count). The molecule has 1 heterocycles. The highest BCUT2D eigenvalue weighted by atomic mass is 35.5. The molecule has 0 aliphatic heterocycles. The van der Waals surface area contributed by atoms with E-state index in [4.69, 9.17) is 21.6 Å². The van der Waals surface area contributed by atoms with Gasteiger partial charge in [-0.25, -0.2) is 4.98 Å². The van der Waals surface area contributed by atoms with E-state index in [1.165, 1.54) is 0 Å². The molecule has 0 aliphatic carbocycles. The first kappa shape index (κ1) is 11.8. The van der Waals surface area contributed by atoms with Crippen molar-refractivity contribution in [3.05, 3.63) is 22.8 Å². The Kier molecular flexibility index (Phi) is 4.88. The molecule has 80 valence electrons. The average molecular weight is 226 g/mol. The van der Waals surface area contributed by atoms with E-state index in [0.717, 1.165) is 0 Å². The number of nitrogens with one attached hydrogen (secondary N) is 1. The van der Waals surface area contributed by atoms with Crippen LogP contribution >= 0.6 is 11.6 Å². The van der Waals surface area contributed by atoms with Crippen LogP contribution in [0.15, 0.2) is 12.3 Å². The van der Waals surface area contributed by atoms with Crippen molar-refractivity contribution >= 4 is 17.4 Å². The molecule has 0 atom stereocenters. The highest BCUT2D eigenvalue weighted by molar-refractivity contribution is 6.34. The lowest BCUT2D eigenvalue weighted by Crippen LogP contribution is -2.10. The molecule has 0 saturated heterocycles. The van der Waals surface area contributed by atoms with Crippen molar-refractivity contribution in [2.24, 2.45) is 0 Å². The van der Waals surface area contributed by atoms with Crippen molar-refractivity contribution in [2.45, 2.75) is 6.92 Å². The average Bonchev–Trinajstić information content (AvgIpc) is 2.26. The normalized spacial score (nSPS) is 9.67. The van der Waals surface area contributed by atoms with Crippen LogP contribution in [0.4, 0.5) is 5.82 Å². The van der Waals surface area contributed by atoms with E-state index in [1.807, 2.05) is 13.0 Å². The van der Waals surface area contributed by atoms with Crippen LogP contribution in [-0.4, -0.2) is 24.7 Å². The molecule has 0 unspecified atom stereocenters. The van der Waals surface area contributed by atoms with Gasteiger partial charge in [-0.2, -0.15) is 5.26 Å². The summed E-state index contributed by atoms with van der Waals surface area (Å²) in [6.45, 7) is 3.82. The molecule has 0 aromatic carbocycles. The van der Waals surface area contributed by atoms with Crippen LogP contribution in [0.25, 0.3) is 0 Å². The molecule has 0 aliphatic rings. The summed E-state index contributed by atoms with van der Waals surface area (Å²) in [7, 11) is 0. The zero-order valence-electron chi connectivity index (χ0n) is 8.46. The van der Waals surface area contributed by atoms with Crippen molar-refractivity contribution < 1.29 is 4.74 Å². The van der Waals surface area contributed by atoms with Crippen LogP contribution in [-0.2, 0) is 4.74 Å². The Balaban J connectivity index is 2.58. The summed E-state index contributed by atoms with van der Waals surface area (Å²) in [6, 6.07) is 3.57. The smallest absolute Gasteiger partial charge is 0.146 e. The van der Waals surface area contributed by atoms with Crippen LogP contribution in [0.1, 0.15) is 12.5 Å². The molecule has 1 N–H and O–H groups in total. The highest BCUT2D eigenvalue weighted by Crippen LogP contribution is 2.22. The van der Waals surface area contributed by atoms with E-state index in [2.05, 4.69) is 10.3 Å². The molecule has 0 bridgehead atoms. The lowest BCUT2D eigenvalue weighted by molar-refractivity contribution is 0.158. The molecular formula is C10H12ClN3O. The van der Waals surface area contributed by atoms with Gasteiger partial charge in [0.1, 0.15) is 16.9 Å². The molecule has 0 amide bonds. The van der Waals surface area contributed by atoms with Gasteiger partial charge in [0.25, 0.3) is 0 Å². The minimum atomic E-state index is 0.358. The predicted molar refractivity (Wildman–Crippen MR) is 58.9 cm³/mol. The predicted octanol–water partition coefficient (Wildman–Crippen LogP) is 2.06. The maximum absolute atomic E-state index is 8.74. The summed E-state index contributed by atoms with van der Waals surface area (Å²) in [6.07, 6.45) is 1.55. The van der Waals surface area contributed by atoms with E-state index in [1.54, 1.807) is 12.3 Å². The fourth-order valence-corrected chi connectivity index (χ4v) is 1.26. The molecule has 4 nitrogen and oxygen atoms in total. The quantitative estimate of drug-likeness (QED) is 0.780. The van der Waals surface area contributed by atoms with Crippen molar-refractivity contribution in [1.29, 1.82) is 5.26 Å². The molecule has 1 aromatic rings. The van der Waals surface area contributed by atoms with E-state index in [9.17, 15) is 0 Å². The third kappa shape index (κ3) is 3.39. The summed E-state index contributed by atoms with van der Waals surface area (Å²) < 4.78 is 5.15. The Morgan fingerprint density at radius 2 is 2.47 bits per heavy atom. The van der Waals surface area contributed by atoms with Gasteiger partial charge in [-0.05, 0) is 13.0 Å². The molecule has 0 radical (unpaired) electrons. The van der Waals surface area contributed by atoms with E-state index < -0.39 is 0 Å². The number of rotatable bonds is 5. The maximum Gasteiger partial charge on any atom is 0.146 e. The van der Waals surface area contributed by atoms with Crippen LogP contribution < -0.4 is 5.32 Å². The van der Waals surface area contributed by atoms with Crippen molar-refractivity contribution in [3.63, 3.8) is 0 Å². The van der Waals surface area contributed by atoms with Gasteiger partial charge in [-0.3, -0.25) is 0 Å². The Morgan fingerprint density at radius 1 is 1.67 bits per heavy atom. The van der Waals surface area contributed by atoms with Gasteiger partial charge in [-0.15, -0.1) is 0 Å². The number of anilines is 1. The molecule has 15 heavy (non-hydrogen) atoms. The zero-order valence-corrected chi connectivity index (χ0v) is 9.21. The Hall–Kier alpha value is -1.31. The Morgan fingerprint density at radius 3 is 3.13 bits per heavy atom. The SMILES string of the molecule is CCOCCNc1nccc(C#N)c1Cl. The lowest BCUT2D eigenvalue weighted by Gasteiger charge is -2.07. The fraction of sp³-hybridized carbons (Fsp3) is 0.400. The minimum Gasteiger partial charge on any atom is -0.380 e. The number of halogens is 1. The van der Waals surface area contributed by atoms with Crippen LogP contribution in [0.5, 0.6) is 0 Å². The zero-order chi connectivity index (χ0) is 11.1. The largest absolute Gasteiger partial charge is 0.380 e. The summed E-state index contributed by atoms with van der Waals surface area (Å²) in [5.74, 6) is 0.524.